The molecule has 2 atom stereocenters. The van der Waals surface area contributed by atoms with E-state index in [0.717, 1.165) is 11.1 Å². The molecule has 1 fully saturated rings. The molecule has 1 aliphatic rings. The molecule has 1 N–H and O–H groups in total. The van der Waals surface area contributed by atoms with Crippen LogP contribution in [0.15, 0.2) is 59.5 Å². The molecule has 1 amide bonds. The van der Waals surface area contributed by atoms with Crippen LogP contribution in [0.3, 0.4) is 0 Å². The number of amides is 1. The first-order valence-corrected chi connectivity index (χ1v) is 8.21. The predicted molar refractivity (Wildman–Crippen MR) is 79.5 cm³/mol. The number of aryl methyl sites for hydroxylation is 1. The van der Waals surface area contributed by atoms with Gasteiger partial charge in [-0.05, 0) is 24.6 Å². The number of sulfone groups is 1. The first-order valence-electron chi connectivity index (χ1n) is 6.66. The fraction of sp³-hybridized carbons (Fsp3) is 0.188. The second-order valence-corrected chi connectivity index (χ2v) is 7.24. The van der Waals surface area contributed by atoms with Crippen LogP contribution in [-0.4, -0.2) is 19.6 Å². The Morgan fingerprint density at radius 2 is 1.57 bits per heavy atom. The molecule has 0 aromatic heterocycles. The monoisotopic (exact) mass is 301 g/mol. The summed E-state index contributed by atoms with van der Waals surface area (Å²) in [6.07, 6.45) is 0. The van der Waals surface area contributed by atoms with E-state index in [1.807, 2.05) is 37.3 Å². The van der Waals surface area contributed by atoms with E-state index < -0.39 is 27.0 Å². The van der Waals surface area contributed by atoms with E-state index in [4.69, 9.17) is 0 Å². The normalized spacial score (nSPS) is 21.5. The highest BCUT2D eigenvalue weighted by Gasteiger charge is 2.49. The Hall–Kier alpha value is -2.14. The summed E-state index contributed by atoms with van der Waals surface area (Å²) < 4.78 is 25.3. The fourth-order valence-electron chi connectivity index (χ4n) is 2.48. The van der Waals surface area contributed by atoms with Crippen LogP contribution in [0.2, 0.25) is 0 Å². The Balaban J connectivity index is 1.98. The summed E-state index contributed by atoms with van der Waals surface area (Å²) in [5.74, 6) is -0.440. The smallest absolute Gasteiger partial charge is 0.241 e. The molecular formula is C16H15NO3S. The van der Waals surface area contributed by atoms with Crippen LogP contribution in [0, 0.1) is 6.92 Å². The number of benzene rings is 2. The molecule has 108 valence electrons. The molecule has 2 aromatic carbocycles. The van der Waals surface area contributed by atoms with Crippen LogP contribution in [-0.2, 0) is 14.6 Å². The summed E-state index contributed by atoms with van der Waals surface area (Å²) in [6.45, 7) is 1.89. The average molecular weight is 301 g/mol. The predicted octanol–water partition coefficient (Wildman–Crippen LogP) is 2.01. The molecule has 2 aromatic rings. The fourth-order valence-corrected chi connectivity index (χ4v) is 4.22. The van der Waals surface area contributed by atoms with Gasteiger partial charge in [-0.1, -0.05) is 48.0 Å². The van der Waals surface area contributed by atoms with Crippen LogP contribution >= 0.6 is 0 Å². The van der Waals surface area contributed by atoms with Crippen LogP contribution in [0.5, 0.6) is 0 Å². The third kappa shape index (κ3) is 2.34. The van der Waals surface area contributed by atoms with E-state index >= 15 is 0 Å². The molecule has 0 spiro atoms. The number of hydrogen-bond acceptors (Lipinski definition) is 3. The highest BCUT2D eigenvalue weighted by molar-refractivity contribution is 7.93. The zero-order chi connectivity index (χ0) is 15.0. The van der Waals surface area contributed by atoms with Crippen molar-refractivity contribution in [2.24, 2.45) is 0 Å². The van der Waals surface area contributed by atoms with Crippen molar-refractivity contribution in [1.29, 1.82) is 0 Å². The van der Waals surface area contributed by atoms with Crippen LogP contribution in [0.25, 0.3) is 0 Å². The first kappa shape index (κ1) is 13.8. The summed E-state index contributed by atoms with van der Waals surface area (Å²) in [6, 6.07) is 15.3. The van der Waals surface area contributed by atoms with Gasteiger partial charge in [-0.15, -0.1) is 0 Å². The molecule has 0 aliphatic carbocycles. The van der Waals surface area contributed by atoms with Crippen LogP contribution < -0.4 is 5.32 Å². The Morgan fingerprint density at radius 1 is 0.952 bits per heavy atom. The van der Waals surface area contributed by atoms with Gasteiger partial charge >= 0.3 is 0 Å². The minimum atomic E-state index is -3.68. The zero-order valence-electron chi connectivity index (χ0n) is 11.5. The number of carbonyl (C=O) groups is 1. The van der Waals surface area contributed by atoms with Crippen molar-refractivity contribution >= 4 is 15.7 Å². The third-order valence-corrected chi connectivity index (χ3v) is 5.79. The summed E-state index contributed by atoms with van der Waals surface area (Å²) in [4.78, 5) is 12.0. The van der Waals surface area contributed by atoms with E-state index in [1.54, 1.807) is 24.3 Å². The SMILES string of the molecule is Cc1ccc(S(=O)(=O)[C@H]2C(=O)N[C@@H]2c2ccccc2)cc1. The lowest BCUT2D eigenvalue weighted by atomic mass is 9.97. The van der Waals surface area contributed by atoms with E-state index in [1.165, 1.54) is 0 Å². The maximum atomic E-state index is 12.7. The Morgan fingerprint density at radius 3 is 2.14 bits per heavy atom. The van der Waals surface area contributed by atoms with E-state index in [-0.39, 0.29) is 4.90 Å². The number of rotatable bonds is 3. The number of β-lactam (4-membered cyclic amide) rings is 1. The van der Waals surface area contributed by atoms with Gasteiger partial charge in [0.25, 0.3) is 0 Å². The first-order chi connectivity index (χ1) is 10.00. The van der Waals surface area contributed by atoms with Crippen molar-refractivity contribution < 1.29 is 13.2 Å². The molecule has 4 nitrogen and oxygen atoms in total. The lowest BCUT2D eigenvalue weighted by molar-refractivity contribution is -0.127. The summed E-state index contributed by atoms with van der Waals surface area (Å²) in [5.41, 5.74) is 1.78. The number of carbonyl (C=O) groups excluding carboxylic acids is 1. The van der Waals surface area contributed by atoms with Gasteiger partial charge in [-0.3, -0.25) is 4.79 Å². The largest absolute Gasteiger partial charge is 0.346 e. The van der Waals surface area contributed by atoms with Gasteiger partial charge in [0.2, 0.25) is 5.91 Å². The molecule has 0 saturated carbocycles. The van der Waals surface area contributed by atoms with Crippen molar-refractivity contribution in [2.75, 3.05) is 0 Å². The van der Waals surface area contributed by atoms with E-state index in [9.17, 15) is 13.2 Å². The molecule has 0 unspecified atom stereocenters. The van der Waals surface area contributed by atoms with Gasteiger partial charge in [0.05, 0.1) is 10.9 Å². The second kappa shape index (κ2) is 5.00. The minimum Gasteiger partial charge on any atom is -0.346 e. The number of nitrogens with one attached hydrogen (secondary N) is 1. The average Bonchev–Trinajstić information content (AvgIpc) is 2.45. The van der Waals surface area contributed by atoms with Gasteiger partial charge < -0.3 is 5.32 Å². The van der Waals surface area contributed by atoms with Gasteiger partial charge in [-0.25, -0.2) is 8.42 Å². The van der Waals surface area contributed by atoms with E-state index in [0.29, 0.717) is 0 Å². The summed E-state index contributed by atoms with van der Waals surface area (Å²) >= 11 is 0. The highest BCUT2D eigenvalue weighted by Crippen LogP contribution is 2.33. The van der Waals surface area contributed by atoms with Crippen molar-refractivity contribution in [1.82, 2.24) is 5.32 Å². The quantitative estimate of drug-likeness (QED) is 0.882. The third-order valence-electron chi connectivity index (χ3n) is 3.70. The zero-order valence-corrected chi connectivity index (χ0v) is 12.3. The summed E-state index contributed by atoms with van der Waals surface area (Å²) in [5, 5.41) is 1.63. The Bertz CT molecular complexity index is 767. The van der Waals surface area contributed by atoms with Crippen molar-refractivity contribution in [3.8, 4) is 0 Å². The van der Waals surface area contributed by atoms with Gasteiger partial charge in [0.15, 0.2) is 15.1 Å². The molecule has 1 heterocycles. The van der Waals surface area contributed by atoms with E-state index in [2.05, 4.69) is 5.32 Å². The van der Waals surface area contributed by atoms with Crippen molar-refractivity contribution in [3.05, 3.63) is 65.7 Å². The van der Waals surface area contributed by atoms with Gasteiger partial charge in [-0.2, -0.15) is 0 Å². The van der Waals surface area contributed by atoms with Crippen LogP contribution in [0.4, 0.5) is 0 Å². The molecular weight excluding hydrogens is 286 g/mol. The summed E-state index contributed by atoms with van der Waals surface area (Å²) in [7, 11) is -3.68. The Kier molecular flexibility index (Phi) is 3.29. The molecule has 1 saturated heterocycles. The van der Waals surface area contributed by atoms with Crippen molar-refractivity contribution in [2.45, 2.75) is 23.1 Å². The van der Waals surface area contributed by atoms with Crippen LogP contribution in [0.1, 0.15) is 17.2 Å². The van der Waals surface area contributed by atoms with Gasteiger partial charge in [0.1, 0.15) is 0 Å². The second-order valence-electron chi connectivity index (χ2n) is 5.18. The lowest BCUT2D eigenvalue weighted by Gasteiger charge is -2.36. The molecule has 3 rings (SSSR count). The maximum absolute atomic E-state index is 12.7. The highest BCUT2D eigenvalue weighted by atomic mass is 32.2. The molecule has 1 aliphatic heterocycles. The maximum Gasteiger partial charge on any atom is 0.241 e. The standard InChI is InChI=1S/C16H15NO3S/c1-11-7-9-13(10-8-11)21(19,20)15-14(17-16(15)18)12-5-3-2-4-6-12/h2-10,14-15H,1H3,(H,17,18)/t14-,15-/m1/s1. The van der Waals surface area contributed by atoms with Crippen molar-refractivity contribution in [3.63, 3.8) is 0 Å². The van der Waals surface area contributed by atoms with Gasteiger partial charge in [0, 0.05) is 0 Å². The minimum absolute atomic E-state index is 0.189. The Labute approximate surface area is 123 Å². The number of hydrogen-bond donors (Lipinski definition) is 1. The topological polar surface area (TPSA) is 63.2 Å². The molecule has 5 heteroatoms. The molecule has 21 heavy (non-hydrogen) atoms. The lowest BCUT2D eigenvalue weighted by Crippen LogP contribution is -2.59. The molecule has 0 bridgehead atoms. The molecule has 0 radical (unpaired) electrons.